The number of rotatable bonds is 6. The number of nitrogens with zero attached hydrogens (tertiary/aromatic N) is 3. The van der Waals surface area contributed by atoms with Crippen molar-refractivity contribution in [1.82, 2.24) is 15.1 Å². The topological polar surface area (TPSA) is 80.5 Å². The lowest BCUT2D eigenvalue weighted by Gasteiger charge is -2.33. The molecule has 0 unspecified atom stereocenters. The van der Waals surface area contributed by atoms with Gasteiger partial charge in [0.15, 0.2) is 6.61 Å². The maximum atomic E-state index is 12.6. The maximum absolute atomic E-state index is 12.6. The van der Waals surface area contributed by atoms with E-state index in [9.17, 15) is 4.79 Å². The molecular weight excluding hydrogens is 332 g/mol. The molecule has 1 aromatic carbocycles. The maximum Gasteiger partial charge on any atom is 0.316 e. The summed E-state index contributed by atoms with van der Waals surface area (Å²) in [7, 11) is 0. The van der Waals surface area contributed by atoms with E-state index >= 15 is 0 Å². The van der Waals surface area contributed by atoms with Crippen molar-refractivity contribution in [2.45, 2.75) is 45.3 Å². The third-order valence-electron chi connectivity index (χ3n) is 5.38. The van der Waals surface area contributed by atoms with Crippen LogP contribution in [0.5, 0.6) is 5.75 Å². The Morgan fingerprint density at radius 1 is 1.23 bits per heavy atom. The van der Waals surface area contributed by atoms with Gasteiger partial charge in [0.1, 0.15) is 11.8 Å². The SMILES string of the molecule is C[C@@H](Nc1nnc(COc2ccccc2)o1)C(=O)N1CCC2(CC1)CC2. The summed E-state index contributed by atoms with van der Waals surface area (Å²) in [6.45, 7) is 3.72. The van der Waals surface area contributed by atoms with Crippen molar-refractivity contribution < 1.29 is 13.9 Å². The summed E-state index contributed by atoms with van der Waals surface area (Å²) in [6, 6.07) is 9.29. The van der Waals surface area contributed by atoms with Crippen LogP contribution in [0.4, 0.5) is 6.01 Å². The van der Waals surface area contributed by atoms with Crippen LogP contribution in [0.2, 0.25) is 0 Å². The van der Waals surface area contributed by atoms with Gasteiger partial charge in [-0.25, -0.2) is 0 Å². The fourth-order valence-electron chi connectivity index (χ4n) is 3.43. The van der Waals surface area contributed by atoms with E-state index in [-0.39, 0.29) is 18.5 Å². The molecule has 2 fully saturated rings. The van der Waals surface area contributed by atoms with Gasteiger partial charge in [-0.15, -0.1) is 5.10 Å². The van der Waals surface area contributed by atoms with Crippen molar-refractivity contribution in [2.24, 2.45) is 5.41 Å². The lowest BCUT2D eigenvalue weighted by molar-refractivity contribution is -0.133. The fraction of sp³-hybridized carbons (Fsp3) is 0.526. The van der Waals surface area contributed by atoms with Crippen LogP contribution in [0, 0.1) is 5.41 Å². The summed E-state index contributed by atoms with van der Waals surface area (Å²) in [6.07, 6.45) is 4.93. The number of piperidine rings is 1. The molecule has 26 heavy (non-hydrogen) atoms. The molecule has 2 aromatic rings. The molecule has 1 spiro atoms. The predicted molar refractivity (Wildman–Crippen MR) is 95.6 cm³/mol. The molecule has 1 amide bonds. The van der Waals surface area contributed by atoms with Crippen LogP contribution < -0.4 is 10.1 Å². The summed E-state index contributed by atoms with van der Waals surface area (Å²) in [5.41, 5.74) is 0.563. The average molecular weight is 356 g/mol. The second-order valence-electron chi connectivity index (χ2n) is 7.29. The Hall–Kier alpha value is -2.57. The molecule has 1 atom stereocenters. The van der Waals surface area contributed by atoms with Gasteiger partial charge in [-0.05, 0) is 50.2 Å². The molecule has 2 heterocycles. The van der Waals surface area contributed by atoms with Crippen molar-refractivity contribution in [3.63, 3.8) is 0 Å². The Labute approximate surface area is 152 Å². The molecule has 1 N–H and O–H groups in total. The first-order chi connectivity index (χ1) is 12.6. The molecule has 4 rings (SSSR count). The lowest BCUT2D eigenvalue weighted by Crippen LogP contribution is -2.45. The van der Waals surface area contributed by atoms with Crippen LogP contribution in [0.3, 0.4) is 0 Å². The van der Waals surface area contributed by atoms with Crippen molar-refractivity contribution >= 4 is 11.9 Å². The number of para-hydroxylation sites is 1. The average Bonchev–Trinajstić information content (AvgIpc) is 3.27. The highest BCUT2D eigenvalue weighted by Crippen LogP contribution is 2.53. The normalized spacial score (nSPS) is 19.2. The van der Waals surface area contributed by atoms with Gasteiger partial charge >= 0.3 is 6.01 Å². The minimum Gasteiger partial charge on any atom is -0.484 e. The Kier molecular flexibility index (Phi) is 4.53. The number of nitrogens with one attached hydrogen (secondary N) is 1. The number of ether oxygens (including phenoxy) is 1. The van der Waals surface area contributed by atoms with E-state index in [1.54, 1.807) is 0 Å². The first-order valence-corrected chi connectivity index (χ1v) is 9.19. The molecule has 1 aliphatic heterocycles. The van der Waals surface area contributed by atoms with E-state index in [1.165, 1.54) is 12.8 Å². The molecule has 1 saturated heterocycles. The number of carbonyl (C=O) groups is 1. The molecule has 2 aliphatic rings. The highest BCUT2D eigenvalue weighted by Gasteiger charge is 2.45. The number of likely N-dealkylation sites (tertiary alicyclic amines) is 1. The fourth-order valence-corrected chi connectivity index (χ4v) is 3.43. The number of amides is 1. The van der Waals surface area contributed by atoms with Gasteiger partial charge in [0.05, 0.1) is 0 Å². The molecule has 0 bridgehead atoms. The molecule has 1 aliphatic carbocycles. The minimum absolute atomic E-state index is 0.0841. The number of benzene rings is 1. The minimum atomic E-state index is -0.397. The molecule has 0 radical (unpaired) electrons. The molecule has 138 valence electrons. The second kappa shape index (κ2) is 6.97. The zero-order valence-electron chi connectivity index (χ0n) is 15.0. The summed E-state index contributed by atoms with van der Waals surface area (Å²) < 4.78 is 11.1. The van der Waals surface area contributed by atoms with Crippen molar-refractivity contribution in [1.29, 1.82) is 0 Å². The summed E-state index contributed by atoms with van der Waals surface area (Å²) in [4.78, 5) is 14.5. The monoisotopic (exact) mass is 356 g/mol. The van der Waals surface area contributed by atoms with Gasteiger partial charge in [-0.3, -0.25) is 4.79 Å². The first kappa shape index (κ1) is 16.9. The van der Waals surface area contributed by atoms with E-state index in [0.29, 0.717) is 11.3 Å². The second-order valence-corrected chi connectivity index (χ2v) is 7.29. The van der Waals surface area contributed by atoms with Crippen molar-refractivity contribution in [3.8, 4) is 5.75 Å². The van der Waals surface area contributed by atoms with Crippen LogP contribution in [-0.4, -0.2) is 40.1 Å². The van der Waals surface area contributed by atoms with Crippen LogP contribution in [-0.2, 0) is 11.4 Å². The molecule has 7 nitrogen and oxygen atoms in total. The molecule has 1 saturated carbocycles. The van der Waals surface area contributed by atoms with E-state index in [1.807, 2.05) is 42.2 Å². The van der Waals surface area contributed by atoms with Gasteiger partial charge in [0.25, 0.3) is 5.89 Å². The third kappa shape index (κ3) is 3.81. The quantitative estimate of drug-likeness (QED) is 0.857. The highest BCUT2D eigenvalue weighted by molar-refractivity contribution is 5.83. The number of hydrogen-bond donors (Lipinski definition) is 1. The van der Waals surface area contributed by atoms with E-state index in [2.05, 4.69) is 15.5 Å². The van der Waals surface area contributed by atoms with Gasteiger partial charge < -0.3 is 19.4 Å². The zero-order chi connectivity index (χ0) is 18.0. The molecule has 7 heteroatoms. The number of aromatic nitrogens is 2. The van der Waals surface area contributed by atoms with E-state index in [0.717, 1.165) is 31.7 Å². The van der Waals surface area contributed by atoms with Gasteiger partial charge in [-0.1, -0.05) is 23.3 Å². The Balaban J connectivity index is 1.27. The lowest BCUT2D eigenvalue weighted by atomic mass is 9.93. The summed E-state index contributed by atoms with van der Waals surface area (Å²) >= 11 is 0. The number of anilines is 1. The van der Waals surface area contributed by atoms with Gasteiger partial charge in [0.2, 0.25) is 5.91 Å². The van der Waals surface area contributed by atoms with Crippen molar-refractivity contribution in [2.75, 3.05) is 18.4 Å². The van der Waals surface area contributed by atoms with Gasteiger partial charge in [-0.2, -0.15) is 0 Å². The van der Waals surface area contributed by atoms with Crippen LogP contribution in [0.25, 0.3) is 0 Å². The third-order valence-corrected chi connectivity index (χ3v) is 5.38. The molecule has 1 aromatic heterocycles. The van der Waals surface area contributed by atoms with Crippen LogP contribution in [0.15, 0.2) is 34.7 Å². The Bertz CT molecular complexity index is 747. The molecular formula is C19H24N4O3. The standard InChI is InChI=1S/C19H24N4O3/c1-14(17(24)23-11-9-19(7-8-19)10-12-23)20-18-22-21-16(26-18)13-25-15-5-3-2-4-6-15/h2-6,14H,7-13H2,1H3,(H,20,22)/t14-/m1/s1. The number of hydrogen-bond acceptors (Lipinski definition) is 6. The van der Waals surface area contributed by atoms with E-state index < -0.39 is 6.04 Å². The van der Waals surface area contributed by atoms with Crippen LogP contribution in [0.1, 0.15) is 38.5 Å². The van der Waals surface area contributed by atoms with Gasteiger partial charge in [0, 0.05) is 13.1 Å². The smallest absolute Gasteiger partial charge is 0.316 e. The van der Waals surface area contributed by atoms with Crippen molar-refractivity contribution in [3.05, 3.63) is 36.2 Å². The predicted octanol–water partition coefficient (Wildman–Crippen LogP) is 2.85. The zero-order valence-corrected chi connectivity index (χ0v) is 15.0. The number of carbonyl (C=O) groups excluding carboxylic acids is 1. The largest absolute Gasteiger partial charge is 0.484 e. The first-order valence-electron chi connectivity index (χ1n) is 9.19. The Morgan fingerprint density at radius 2 is 1.96 bits per heavy atom. The van der Waals surface area contributed by atoms with E-state index in [4.69, 9.17) is 9.15 Å². The summed E-state index contributed by atoms with van der Waals surface area (Å²) in [5.74, 6) is 1.19. The Morgan fingerprint density at radius 3 is 2.65 bits per heavy atom. The summed E-state index contributed by atoms with van der Waals surface area (Å²) in [5, 5.41) is 10.9. The highest BCUT2D eigenvalue weighted by atomic mass is 16.5. The van der Waals surface area contributed by atoms with Crippen LogP contribution >= 0.6 is 0 Å².